The van der Waals surface area contributed by atoms with Gasteiger partial charge in [0, 0.05) is 24.8 Å². The van der Waals surface area contributed by atoms with Crippen molar-refractivity contribution in [1.29, 1.82) is 0 Å². The van der Waals surface area contributed by atoms with E-state index in [0.717, 1.165) is 5.69 Å². The van der Waals surface area contributed by atoms with Crippen molar-refractivity contribution >= 4 is 17.6 Å². The van der Waals surface area contributed by atoms with Gasteiger partial charge >= 0.3 is 0 Å². The molecule has 0 aliphatic rings. The quantitative estimate of drug-likeness (QED) is 0.723. The average molecular weight is 278 g/mol. The van der Waals surface area contributed by atoms with Crippen LogP contribution >= 0.6 is 0 Å². The summed E-state index contributed by atoms with van der Waals surface area (Å²) in [5.74, 6) is 0.536. The molecule has 0 radical (unpaired) electrons. The van der Waals surface area contributed by atoms with E-state index in [1.165, 1.54) is 0 Å². The summed E-state index contributed by atoms with van der Waals surface area (Å²) in [5, 5.41) is 8.23. The maximum absolute atomic E-state index is 12.0. The molecule has 110 valence electrons. The van der Waals surface area contributed by atoms with E-state index in [-0.39, 0.29) is 18.4 Å². The van der Waals surface area contributed by atoms with E-state index < -0.39 is 0 Å². The molecule has 0 spiro atoms. The number of rotatable bonds is 6. The summed E-state index contributed by atoms with van der Waals surface area (Å²) in [6.07, 6.45) is 0. The second kappa shape index (κ2) is 7.47. The van der Waals surface area contributed by atoms with Crippen molar-refractivity contribution in [2.75, 3.05) is 25.5 Å². The number of anilines is 1. The Hall–Kier alpha value is -2.11. The fraction of sp³-hybridized carbons (Fsp3) is 0.500. The molecule has 0 aromatic carbocycles. The second-order valence-corrected chi connectivity index (χ2v) is 5.01. The summed E-state index contributed by atoms with van der Waals surface area (Å²) in [6, 6.07) is 3.33. The van der Waals surface area contributed by atoms with Crippen molar-refractivity contribution in [3.05, 3.63) is 23.4 Å². The van der Waals surface area contributed by atoms with Crippen molar-refractivity contribution in [3.63, 3.8) is 0 Å². The topological polar surface area (TPSA) is 83.1 Å². The monoisotopic (exact) mass is 278 g/mol. The normalized spacial score (nSPS) is 10.2. The Kier molecular flexibility index (Phi) is 5.96. The van der Waals surface area contributed by atoms with Crippen LogP contribution < -0.4 is 16.0 Å². The van der Waals surface area contributed by atoms with Gasteiger partial charge in [-0.1, -0.05) is 13.8 Å². The van der Waals surface area contributed by atoms with Gasteiger partial charge in [0.05, 0.1) is 6.54 Å². The van der Waals surface area contributed by atoms with Crippen molar-refractivity contribution in [3.8, 4) is 0 Å². The number of amides is 2. The lowest BCUT2D eigenvalue weighted by Gasteiger charge is -2.09. The van der Waals surface area contributed by atoms with Crippen LogP contribution in [0.3, 0.4) is 0 Å². The predicted octanol–water partition coefficient (Wildman–Crippen LogP) is 0.934. The van der Waals surface area contributed by atoms with Gasteiger partial charge in [0.25, 0.3) is 5.91 Å². The van der Waals surface area contributed by atoms with E-state index in [9.17, 15) is 9.59 Å². The maximum atomic E-state index is 12.0. The Morgan fingerprint density at radius 3 is 2.55 bits per heavy atom. The lowest BCUT2D eigenvalue weighted by Crippen LogP contribution is -2.38. The van der Waals surface area contributed by atoms with E-state index in [4.69, 9.17) is 0 Å². The Bertz CT molecular complexity index is 486. The molecule has 1 rings (SSSR count). The Morgan fingerprint density at radius 2 is 1.95 bits per heavy atom. The number of hydrogen-bond acceptors (Lipinski definition) is 4. The van der Waals surface area contributed by atoms with Gasteiger partial charge in [0.1, 0.15) is 5.82 Å². The van der Waals surface area contributed by atoms with E-state index in [1.807, 2.05) is 20.8 Å². The van der Waals surface area contributed by atoms with E-state index in [1.54, 1.807) is 19.2 Å². The standard InChI is InChI=1S/C14H22N4O2/c1-9(2)7-16-13(19)8-17-14(20)11-5-10(3)18-12(6-11)15-4/h5-6,9H,7-8H2,1-4H3,(H,15,18)(H,16,19)(H,17,20). The van der Waals surface area contributed by atoms with Crippen LogP contribution in [-0.2, 0) is 4.79 Å². The zero-order valence-corrected chi connectivity index (χ0v) is 12.4. The van der Waals surface area contributed by atoms with Crippen LogP contribution in [0.5, 0.6) is 0 Å². The molecule has 2 amide bonds. The first-order valence-electron chi connectivity index (χ1n) is 6.63. The van der Waals surface area contributed by atoms with Crippen LogP contribution in [-0.4, -0.2) is 36.9 Å². The fourth-order valence-corrected chi connectivity index (χ4v) is 1.57. The first-order chi connectivity index (χ1) is 9.42. The minimum atomic E-state index is -0.285. The van der Waals surface area contributed by atoms with Gasteiger partial charge in [0.15, 0.2) is 0 Å². The van der Waals surface area contributed by atoms with Crippen molar-refractivity contribution in [2.45, 2.75) is 20.8 Å². The van der Waals surface area contributed by atoms with E-state index >= 15 is 0 Å². The summed E-state index contributed by atoms with van der Waals surface area (Å²) >= 11 is 0. The van der Waals surface area contributed by atoms with Crippen LogP contribution in [0.2, 0.25) is 0 Å². The first kappa shape index (κ1) is 15.9. The third-order valence-corrected chi connectivity index (χ3v) is 2.59. The molecule has 0 saturated carbocycles. The lowest BCUT2D eigenvalue weighted by atomic mass is 10.2. The molecule has 1 aromatic heterocycles. The van der Waals surface area contributed by atoms with Crippen LogP contribution in [0.1, 0.15) is 29.9 Å². The first-order valence-corrected chi connectivity index (χ1v) is 6.63. The molecule has 0 bridgehead atoms. The lowest BCUT2D eigenvalue weighted by molar-refractivity contribution is -0.120. The Morgan fingerprint density at radius 1 is 1.25 bits per heavy atom. The van der Waals surface area contributed by atoms with Crippen molar-refractivity contribution in [1.82, 2.24) is 15.6 Å². The predicted molar refractivity (Wildman–Crippen MR) is 78.7 cm³/mol. The van der Waals surface area contributed by atoms with Gasteiger partial charge in [-0.05, 0) is 25.0 Å². The average Bonchev–Trinajstić information content (AvgIpc) is 2.41. The molecular formula is C14H22N4O2. The number of pyridine rings is 1. The van der Waals surface area contributed by atoms with Crippen LogP contribution in [0.25, 0.3) is 0 Å². The molecular weight excluding hydrogens is 256 g/mol. The summed E-state index contributed by atoms with van der Waals surface area (Å²) < 4.78 is 0. The minimum absolute atomic E-state index is 0.0260. The summed E-state index contributed by atoms with van der Waals surface area (Å²) in [7, 11) is 1.74. The highest BCUT2D eigenvalue weighted by Gasteiger charge is 2.10. The van der Waals surface area contributed by atoms with Crippen molar-refractivity contribution < 1.29 is 9.59 Å². The molecule has 0 aliphatic carbocycles. The van der Waals surface area contributed by atoms with E-state index in [2.05, 4.69) is 20.9 Å². The number of nitrogens with zero attached hydrogens (tertiary/aromatic N) is 1. The fourth-order valence-electron chi connectivity index (χ4n) is 1.57. The molecule has 0 atom stereocenters. The van der Waals surface area contributed by atoms with Gasteiger partial charge in [-0.25, -0.2) is 4.98 Å². The Balaban J connectivity index is 2.54. The van der Waals surface area contributed by atoms with Crippen LogP contribution in [0, 0.1) is 12.8 Å². The molecule has 1 aromatic rings. The Labute approximate surface area is 119 Å². The molecule has 0 fully saturated rings. The zero-order valence-electron chi connectivity index (χ0n) is 12.4. The molecule has 0 unspecified atom stereocenters. The number of aryl methyl sites for hydroxylation is 1. The maximum Gasteiger partial charge on any atom is 0.251 e. The highest BCUT2D eigenvalue weighted by Crippen LogP contribution is 2.09. The van der Waals surface area contributed by atoms with Gasteiger partial charge in [-0.15, -0.1) is 0 Å². The van der Waals surface area contributed by atoms with Crippen LogP contribution in [0.4, 0.5) is 5.82 Å². The second-order valence-electron chi connectivity index (χ2n) is 5.01. The van der Waals surface area contributed by atoms with Gasteiger partial charge in [-0.3, -0.25) is 9.59 Å². The third-order valence-electron chi connectivity index (χ3n) is 2.59. The van der Waals surface area contributed by atoms with Crippen LogP contribution in [0.15, 0.2) is 12.1 Å². The van der Waals surface area contributed by atoms with Gasteiger partial charge in [-0.2, -0.15) is 0 Å². The largest absolute Gasteiger partial charge is 0.373 e. The molecule has 3 N–H and O–H groups in total. The van der Waals surface area contributed by atoms with Gasteiger partial charge < -0.3 is 16.0 Å². The highest BCUT2D eigenvalue weighted by molar-refractivity contribution is 5.97. The zero-order chi connectivity index (χ0) is 15.1. The number of aromatic nitrogens is 1. The number of carbonyl (C=O) groups is 2. The smallest absolute Gasteiger partial charge is 0.251 e. The number of nitrogens with one attached hydrogen (secondary N) is 3. The molecule has 0 aliphatic heterocycles. The molecule has 1 heterocycles. The summed E-state index contributed by atoms with van der Waals surface area (Å²) in [5.41, 5.74) is 1.23. The van der Waals surface area contributed by atoms with Gasteiger partial charge in [0.2, 0.25) is 5.91 Å². The summed E-state index contributed by atoms with van der Waals surface area (Å²) in [4.78, 5) is 27.7. The molecule has 6 nitrogen and oxygen atoms in total. The number of hydrogen-bond donors (Lipinski definition) is 3. The minimum Gasteiger partial charge on any atom is -0.373 e. The SMILES string of the molecule is CNc1cc(C(=O)NCC(=O)NCC(C)C)cc(C)n1. The summed E-state index contributed by atoms with van der Waals surface area (Å²) in [6.45, 7) is 6.41. The molecule has 20 heavy (non-hydrogen) atoms. The third kappa shape index (κ3) is 5.26. The number of carbonyl (C=O) groups excluding carboxylic acids is 2. The van der Waals surface area contributed by atoms with Crippen molar-refractivity contribution in [2.24, 2.45) is 5.92 Å². The molecule has 6 heteroatoms. The molecule has 0 saturated heterocycles. The highest BCUT2D eigenvalue weighted by atomic mass is 16.2. The van der Waals surface area contributed by atoms with E-state index in [0.29, 0.717) is 23.8 Å².